The third-order valence-electron chi connectivity index (χ3n) is 3.89. The highest BCUT2D eigenvalue weighted by atomic mass is 19.3. The van der Waals surface area contributed by atoms with Crippen LogP contribution in [0, 0.1) is 0 Å². The van der Waals surface area contributed by atoms with Gasteiger partial charge in [-0.05, 0) is 26.7 Å². The quantitative estimate of drug-likeness (QED) is 0.207. The van der Waals surface area contributed by atoms with Crippen molar-refractivity contribution in [3.63, 3.8) is 0 Å². The van der Waals surface area contributed by atoms with E-state index in [2.05, 4.69) is 9.47 Å². The first-order chi connectivity index (χ1) is 15.1. The van der Waals surface area contributed by atoms with Gasteiger partial charge in [0.05, 0.1) is 13.2 Å². The highest BCUT2D eigenvalue weighted by Gasteiger charge is 2.69. The molecule has 0 aliphatic carbocycles. The maximum atomic E-state index is 13.6. The Labute approximate surface area is 185 Å². The van der Waals surface area contributed by atoms with Gasteiger partial charge in [-0.2, -0.15) is 35.1 Å². The van der Waals surface area contributed by atoms with Crippen molar-refractivity contribution in [2.24, 2.45) is 0 Å². The summed E-state index contributed by atoms with van der Waals surface area (Å²) in [6, 6.07) is 0. The maximum Gasteiger partial charge on any atom is 0.453 e. The van der Waals surface area contributed by atoms with Gasteiger partial charge in [0.1, 0.15) is 0 Å². The Morgan fingerprint density at radius 2 is 1.15 bits per heavy atom. The lowest BCUT2D eigenvalue weighted by atomic mass is 10.2. The summed E-state index contributed by atoms with van der Waals surface area (Å²) in [7, 11) is 0. The smallest absolute Gasteiger partial charge is 0.379 e. The molecule has 0 fully saturated rings. The molecular formula is C18H27F8NO6. The van der Waals surface area contributed by atoms with Gasteiger partial charge in [-0.15, -0.1) is 0 Å². The number of Topliss-reactive ketones (excluding diaryl/α,β-unsaturated/α-hetero) is 1. The van der Waals surface area contributed by atoms with E-state index >= 15 is 0 Å². The first kappa shape index (κ1) is 31.4. The minimum absolute atomic E-state index is 0.0587. The first-order valence-corrected chi connectivity index (χ1v) is 9.97. The lowest BCUT2D eigenvalue weighted by molar-refractivity contribution is -0.500. The summed E-state index contributed by atoms with van der Waals surface area (Å²) in [6.07, 6.45) is -24.5. The number of alkyl halides is 8. The van der Waals surface area contributed by atoms with Gasteiger partial charge in [0, 0.05) is 32.7 Å². The van der Waals surface area contributed by atoms with Crippen LogP contribution in [0.25, 0.3) is 0 Å². The summed E-state index contributed by atoms with van der Waals surface area (Å²) in [6.45, 7) is 3.86. The molecule has 0 radical (unpaired) electrons. The molecule has 0 aromatic carbocycles. The zero-order chi connectivity index (χ0) is 25.9. The van der Waals surface area contributed by atoms with E-state index in [1.54, 1.807) is 0 Å². The molecule has 196 valence electrons. The van der Waals surface area contributed by atoms with Crippen molar-refractivity contribution < 1.29 is 63.7 Å². The Morgan fingerprint density at radius 1 is 0.697 bits per heavy atom. The number of halogens is 8. The zero-order valence-electron chi connectivity index (χ0n) is 18.3. The number of carbonyl (C=O) groups is 2. The van der Waals surface area contributed by atoms with Crippen molar-refractivity contribution in [1.29, 1.82) is 0 Å². The summed E-state index contributed by atoms with van der Waals surface area (Å²) in [4.78, 5) is 23.2. The van der Waals surface area contributed by atoms with E-state index in [4.69, 9.17) is 9.47 Å². The van der Waals surface area contributed by atoms with Crippen LogP contribution < -0.4 is 0 Å². The van der Waals surface area contributed by atoms with Gasteiger partial charge < -0.3 is 14.4 Å². The average Bonchev–Trinajstić information content (AvgIpc) is 2.69. The molecule has 15 heteroatoms. The molecule has 0 aromatic rings. The summed E-state index contributed by atoms with van der Waals surface area (Å²) in [5.41, 5.74) is 0. The van der Waals surface area contributed by atoms with Crippen LogP contribution in [0.2, 0.25) is 0 Å². The van der Waals surface area contributed by atoms with Crippen molar-refractivity contribution >= 4 is 11.7 Å². The normalized spacial score (nSPS) is 13.3. The molecule has 1 amide bonds. The van der Waals surface area contributed by atoms with E-state index in [0.29, 0.717) is 6.61 Å². The van der Waals surface area contributed by atoms with Crippen LogP contribution in [0.3, 0.4) is 0 Å². The van der Waals surface area contributed by atoms with Crippen LogP contribution in [0.4, 0.5) is 35.1 Å². The molecule has 0 N–H and O–H groups in total. The standard InChI is InChI=1S/C18H27F8NO6/c1-4-9-30-11-12-31-10-7-8-13(28)15(19,20)32-17(23,24)18(25,26)33-16(21,22)14(29)27(5-2)6-3/h4-12H2,1-3H3. The number of likely N-dealkylation sites (N-methyl/N-ethyl adjacent to an activating group) is 1. The molecule has 0 aliphatic heterocycles. The van der Waals surface area contributed by atoms with Gasteiger partial charge in [-0.3, -0.25) is 9.59 Å². The van der Waals surface area contributed by atoms with E-state index in [-0.39, 0.29) is 24.7 Å². The fourth-order valence-corrected chi connectivity index (χ4v) is 2.18. The Kier molecular flexibility index (Phi) is 12.7. The van der Waals surface area contributed by atoms with E-state index < -0.39 is 62.1 Å². The first-order valence-electron chi connectivity index (χ1n) is 9.97. The Hall–Kier alpha value is -1.58. The number of ketones is 1. The molecule has 7 nitrogen and oxygen atoms in total. The summed E-state index contributed by atoms with van der Waals surface area (Å²) in [5.74, 6) is -4.72. The van der Waals surface area contributed by atoms with Crippen LogP contribution in [-0.4, -0.2) is 80.5 Å². The van der Waals surface area contributed by atoms with Crippen LogP contribution in [0.5, 0.6) is 0 Å². The number of rotatable bonds is 18. The van der Waals surface area contributed by atoms with Crippen molar-refractivity contribution in [3.8, 4) is 0 Å². The van der Waals surface area contributed by atoms with Crippen LogP contribution in [0.1, 0.15) is 40.0 Å². The molecule has 0 heterocycles. The van der Waals surface area contributed by atoms with Crippen LogP contribution in [0.15, 0.2) is 0 Å². The van der Waals surface area contributed by atoms with Gasteiger partial charge in [0.2, 0.25) is 5.78 Å². The van der Waals surface area contributed by atoms with Gasteiger partial charge in [-0.1, -0.05) is 6.92 Å². The fraction of sp³-hybridized carbons (Fsp3) is 0.889. The van der Waals surface area contributed by atoms with Crippen molar-refractivity contribution in [1.82, 2.24) is 4.90 Å². The third kappa shape index (κ3) is 10.1. The molecule has 33 heavy (non-hydrogen) atoms. The second-order valence-corrected chi connectivity index (χ2v) is 6.50. The Bertz CT molecular complexity index is 617. The Morgan fingerprint density at radius 3 is 1.61 bits per heavy atom. The van der Waals surface area contributed by atoms with Gasteiger partial charge >= 0.3 is 30.3 Å². The van der Waals surface area contributed by atoms with Crippen molar-refractivity contribution in [2.75, 3.05) is 39.5 Å². The monoisotopic (exact) mass is 505 g/mol. The molecule has 0 spiro atoms. The topological polar surface area (TPSA) is 74.3 Å². The molecular weight excluding hydrogens is 478 g/mol. The van der Waals surface area contributed by atoms with Gasteiger partial charge in [-0.25, -0.2) is 9.47 Å². The molecule has 0 aliphatic rings. The molecule has 0 rings (SSSR count). The van der Waals surface area contributed by atoms with Crippen LogP contribution in [-0.2, 0) is 28.5 Å². The second kappa shape index (κ2) is 13.3. The zero-order valence-corrected chi connectivity index (χ0v) is 18.3. The number of nitrogens with zero attached hydrogens (tertiary/aromatic N) is 1. The van der Waals surface area contributed by atoms with Crippen LogP contribution >= 0.6 is 0 Å². The van der Waals surface area contributed by atoms with E-state index in [1.807, 2.05) is 6.92 Å². The summed E-state index contributed by atoms with van der Waals surface area (Å²) < 4.78 is 124. The third-order valence-corrected chi connectivity index (χ3v) is 3.89. The molecule has 0 bridgehead atoms. The number of carbonyl (C=O) groups excluding carboxylic acids is 2. The van der Waals surface area contributed by atoms with E-state index in [0.717, 1.165) is 6.42 Å². The minimum Gasteiger partial charge on any atom is -0.379 e. The predicted octanol–water partition coefficient (Wildman–Crippen LogP) is 4.05. The average molecular weight is 505 g/mol. The maximum absolute atomic E-state index is 13.6. The number of hydrogen-bond donors (Lipinski definition) is 0. The highest BCUT2D eigenvalue weighted by molar-refractivity contribution is 5.84. The van der Waals surface area contributed by atoms with E-state index in [1.165, 1.54) is 13.8 Å². The lowest BCUT2D eigenvalue weighted by Crippen LogP contribution is -2.56. The fourth-order valence-electron chi connectivity index (χ4n) is 2.18. The number of ether oxygens (including phenoxy) is 4. The second-order valence-electron chi connectivity index (χ2n) is 6.50. The number of amides is 1. The van der Waals surface area contributed by atoms with Crippen molar-refractivity contribution in [3.05, 3.63) is 0 Å². The minimum atomic E-state index is -6.40. The van der Waals surface area contributed by atoms with Gasteiger partial charge in [0.25, 0.3) is 0 Å². The van der Waals surface area contributed by atoms with E-state index in [9.17, 15) is 44.7 Å². The Balaban J connectivity index is 4.94. The highest BCUT2D eigenvalue weighted by Crippen LogP contribution is 2.44. The molecule has 0 unspecified atom stereocenters. The lowest BCUT2D eigenvalue weighted by Gasteiger charge is -2.31. The van der Waals surface area contributed by atoms with Crippen molar-refractivity contribution in [2.45, 2.75) is 64.5 Å². The predicted molar refractivity (Wildman–Crippen MR) is 96.1 cm³/mol. The SMILES string of the molecule is CCCOCCOCCCC(=O)C(F)(F)OC(F)(F)C(F)(F)OC(F)(F)C(=O)N(CC)CC. The molecule has 0 aromatic heterocycles. The largest absolute Gasteiger partial charge is 0.453 e. The molecule has 0 saturated heterocycles. The molecule has 0 saturated carbocycles. The van der Waals surface area contributed by atoms with Gasteiger partial charge in [0.15, 0.2) is 0 Å². The number of hydrogen-bond acceptors (Lipinski definition) is 6. The molecule has 0 atom stereocenters. The summed E-state index contributed by atoms with van der Waals surface area (Å²) >= 11 is 0. The summed E-state index contributed by atoms with van der Waals surface area (Å²) in [5, 5.41) is 0.